The van der Waals surface area contributed by atoms with Crippen LogP contribution in [0.15, 0.2) is 72.8 Å². The van der Waals surface area contributed by atoms with Gasteiger partial charge in [-0.1, -0.05) is 54.1 Å². The molecule has 1 fully saturated rings. The van der Waals surface area contributed by atoms with Gasteiger partial charge in [0.05, 0.1) is 17.5 Å². The predicted octanol–water partition coefficient (Wildman–Crippen LogP) is 5.01. The summed E-state index contributed by atoms with van der Waals surface area (Å²) in [4.78, 5) is 26.7. The number of hydrogen-bond donors (Lipinski definition) is 1. The van der Waals surface area contributed by atoms with Crippen molar-refractivity contribution < 1.29 is 14.7 Å². The van der Waals surface area contributed by atoms with Crippen molar-refractivity contribution in [3.05, 3.63) is 100 Å². The fourth-order valence-corrected chi connectivity index (χ4v) is 4.71. The molecule has 1 amide bonds. The molecule has 1 aliphatic heterocycles. The van der Waals surface area contributed by atoms with Gasteiger partial charge in [-0.2, -0.15) is 0 Å². The molecule has 144 valence electrons. The van der Waals surface area contributed by atoms with Crippen LogP contribution in [0.2, 0.25) is 5.02 Å². The maximum absolute atomic E-state index is 13.6. The second kappa shape index (κ2) is 6.46. The molecule has 0 bridgehead atoms. The number of carbonyl (C=O) groups is 2. The molecule has 3 aromatic carbocycles. The first-order chi connectivity index (χ1) is 14.0. The molecule has 2 aliphatic rings. The van der Waals surface area contributed by atoms with Crippen molar-refractivity contribution in [3.63, 3.8) is 0 Å². The van der Waals surface area contributed by atoms with Crippen molar-refractivity contribution in [2.24, 2.45) is 0 Å². The van der Waals surface area contributed by atoms with Gasteiger partial charge in [0.2, 0.25) is 5.91 Å². The van der Waals surface area contributed by atoms with E-state index in [0.29, 0.717) is 11.6 Å². The van der Waals surface area contributed by atoms with Gasteiger partial charge in [0, 0.05) is 16.6 Å². The summed E-state index contributed by atoms with van der Waals surface area (Å²) in [7, 11) is 0. The van der Waals surface area contributed by atoms with E-state index >= 15 is 0 Å². The maximum Gasteiger partial charge on any atom is 0.335 e. The Morgan fingerprint density at radius 1 is 1.07 bits per heavy atom. The molecule has 1 N–H and O–H groups in total. The molecule has 1 spiro atoms. The van der Waals surface area contributed by atoms with Gasteiger partial charge < -0.3 is 10.0 Å². The van der Waals surface area contributed by atoms with Crippen molar-refractivity contribution in [1.29, 1.82) is 0 Å². The van der Waals surface area contributed by atoms with Gasteiger partial charge in [0.15, 0.2) is 0 Å². The Kier molecular flexibility index (Phi) is 4.00. The third kappa shape index (κ3) is 2.75. The number of carboxylic acids is 1. The lowest BCUT2D eigenvalue weighted by atomic mass is 9.92. The monoisotopic (exact) mass is 403 g/mol. The Hall–Kier alpha value is -3.11. The number of fused-ring (bicyclic) bond motifs is 2. The normalized spacial score (nSPS) is 22.0. The highest BCUT2D eigenvalue weighted by molar-refractivity contribution is 6.30. The standard InChI is InChI=1S/C24H18ClNO3/c25-18-10-8-16(9-11-18)20-13-24(20)19-6-1-2-7-21(19)26(23(24)29)14-15-4-3-5-17(12-15)22(27)28/h1-12,20H,13-14H2,(H,27,28)/t20-,24-/m1/s1. The molecule has 5 rings (SSSR count). The highest BCUT2D eigenvalue weighted by Gasteiger charge is 2.66. The zero-order chi connectivity index (χ0) is 20.2. The number of carbonyl (C=O) groups excluding carboxylic acids is 1. The Labute approximate surface area is 173 Å². The minimum atomic E-state index is -0.971. The smallest absolute Gasteiger partial charge is 0.335 e. The molecule has 0 unspecified atom stereocenters. The van der Waals surface area contributed by atoms with Crippen LogP contribution in [0.3, 0.4) is 0 Å². The quantitative estimate of drug-likeness (QED) is 0.666. The molecular formula is C24H18ClNO3. The number of aromatic carboxylic acids is 1. The molecular weight excluding hydrogens is 386 g/mol. The fraction of sp³-hybridized carbons (Fsp3) is 0.167. The first-order valence-corrected chi connectivity index (χ1v) is 9.88. The summed E-state index contributed by atoms with van der Waals surface area (Å²) in [6, 6.07) is 22.4. The van der Waals surface area contributed by atoms with Crippen molar-refractivity contribution in [3.8, 4) is 0 Å². The van der Waals surface area contributed by atoms with E-state index in [4.69, 9.17) is 11.6 Å². The number of halogens is 1. The van der Waals surface area contributed by atoms with Gasteiger partial charge in [0.25, 0.3) is 0 Å². The summed E-state index contributed by atoms with van der Waals surface area (Å²) in [5.41, 5.74) is 3.58. The van der Waals surface area contributed by atoms with Gasteiger partial charge in [-0.05, 0) is 53.4 Å². The molecule has 4 nitrogen and oxygen atoms in total. The lowest BCUT2D eigenvalue weighted by molar-refractivity contribution is -0.120. The number of amides is 1. The van der Waals surface area contributed by atoms with E-state index in [2.05, 4.69) is 0 Å². The van der Waals surface area contributed by atoms with Gasteiger partial charge in [-0.3, -0.25) is 4.79 Å². The molecule has 3 aromatic rings. The molecule has 5 heteroatoms. The van der Waals surface area contributed by atoms with Gasteiger partial charge >= 0.3 is 5.97 Å². The fourth-order valence-electron chi connectivity index (χ4n) is 4.59. The van der Waals surface area contributed by atoms with Crippen LogP contribution in [0.25, 0.3) is 0 Å². The first kappa shape index (κ1) is 18.0. The summed E-state index contributed by atoms with van der Waals surface area (Å²) in [5, 5.41) is 9.95. The van der Waals surface area contributed by atoms with E-state index in [1.807, 2.05) is 54.6 Å². The van der Waals surface area contributed by atoms with Crippen molar-refractivity contribution in [2.45, 2.75) is 24.3 Å². The Bertz CT molecular complexity index is 1140. The van der Waals surface area contributed by atoms with Crippen LogP contribution < -0.4 is 4.90 Å². The van der Waals surface area contributed by atoms with Crippen molar-refractivity contribution >= 4 is 29.2 Å². The van der Waals surface area contributed by atoms with Gasteiger partial charge in [0.1, 0.15) is 0 Å². The summed E-state index contributed by atoms with van der Waals surface area (Å²) in [6.45, 7) is 0.353. The minimum absolute atomic E-state index is 0.0828. The summed E-state index contributed by atoms with van der Waals surface area (Å²) in [5.74, 6) is -0.760. The Morgan fingerprint density at radius 2 is 1.83 bits per heavy atom. The number of rotatable bonds is 4. The number of benzene rings is 3. The summed E-state index contributed by atoms with van der Waals surface area (Å²) >= 11 is 6.03. The van der Waals surface area contributed by atoms with E-state index in [1.165, 1.54) is 0 Å². The first-order valence-electron chi connectivity index (χ1n) is 9.50. The lowest BCUT2D eigenvalue weighted by Gasteiger charge is -2.19. The highest BCUT2D eigenvalue weighted by Crippen LogP contribution is 2.66. The largest absolute Gasteiger partial charge is 0.478 e. The molecule has 1 saturated carbocycles. The number of carboxylic acid groups (broad SMARTS) is 1. The second-order valence-corrected chi connectivity index (χ2v) is 8.13. The Morgan fingerprint density at radius 3 is 2.59 bits per heavy atom. The van der Waals surface area contributed by atoms with E-state index in [0.717, 1.165) is 28.8 Å². The van der Waals surface area contributed by atoms with Crippen LogP contribution in [0.5, 0.6) is 0 Å². The third-order valence-electron chi connectivity index (χ3n) is 6.05. The van der Waals surface area contributed by atoms with Crippen LogP contribution >= 0.6 is 11.6 Å². The zero-order valence-corrected chi connectivity index (χ0v) is 16.3. The zero-order valence-electron chi connectivity index (χ0n) is 15.5. The van der Waals surface area contributed by atoms with Crippen LogP contribution in [0.4, 0.5) is 5.69 Å². The van der Waals surface area contributed by atoms with Crippen LogP contribution in [0.1, 0.15) is 39.4 Å². The Balaban J connectivity index is 1.51. The van der Waals surface area contributed by atoms with Crippen LogP contribution in [-0.2, 0) is 16.8 Å². The number of para-hydroxylation sites is 1. The average Bonchev–Trinajstić information content (AvgIpc) is 3.44. The SMILES string of the molecule is O=C(O)c1cccc(CN2C(=O)[C@]3(C[C@@H]3c3ccc(Cl)cc3)c3ccccc32)c1. The topological polar surface area (TPSA) is 57.6 Å². The molecule has 2 atom stereocenters. The maximum atomic E-state index is 13.6. The second-order valence-electron chi connectivity index (χ2n) is 7.69. The van der Waals surface area contributed by atoms with Gasteiger partial charge in [-0.15, -0.1) is 0 Å². The van der Waals surface area contributed by atoms with E-state index in [9.17, 15) is 14.7 Å². The highest BCUT2D eigenvalue weighted by atomic mass is 35.5. The minimum Gasteiger partial charge on any atom is -0.478 e. The van der Waals surface area contributed by atoms with E-state index in [1.54, 1.807) is 23.1 Å². The summed E-state index contributed by atoms with van der Waals surface area (Å²) < 4.78 is 0. The van der Waals surface area contributed by atoms with Crippen LogP contribution in [0, 0.1) is 0 Å². The van der Waals surface area contributed by atoms with Crippen LogP contribution in [-0.4, -0.2) is 17.0 Å². The predicted molar refractivity (Wildman–Crippen MR) is 112 cm³/mol. The number of hydrogen-bond acceptors (Lipinski definition) is 2. The molecule has 1 heterocycles. The summed E-state index contributed by atoms with van der Waals surface area (Å²) in [6.07, 6.45) is 0.774. The molecule has 0 saturated heterocycles. The van der Waals surface area contributed by atoms with Gasteiger partial charge in [-0.25, -0.2) is 4.79 Å². The molecule has 0 aromatic heterocycles. The van der Waals surface area contributed by atoms with E-state index in [-0.39, 0.29) is 17.4 Å². The molecule has 1 aliphatic carbocycles. The number of nitrogens with zero attached hydrogens (tertiary/aromatic N) is 1. The van der Waals surface area contributed by atoms with Crippen molar-refractivity contribution in [1.82, 2.24) is 0 Å². The van der Waals surface area contributed by atoms with E-state index < -0.39 is 11.4 Å². The number of anilines is 1. The molecule has 0 radical (unpaired) electrons. The van der Waals surface area contributed by atoms with Crippen molar-refractivity contribution in [2.75, 3.05) is 4.90 Å². The third-order valence-corrected chi connectivity index (χ3v) is 6.30. The average molecular weight is 404 g/mol. The molecule has 29 heavy (non-hydrogen) atoms. The lowest BCUT2D eigenvalue weighted by Crippen LogP contribution is -2.32.